The lowest BCUT2D eigenvalue weighted by molar-refractivity contribution is -0.120. The van der Waals surface area contributed by atoms with Crippen molar-refractivity contribution in [3.05, 3.63) is 69.7 Å². The molecule has 0 spiro atoms. The van der Waals surface area contributed by atoms with Gasteiger partial charge in [0.25, 0.3) is 5.91 Å². The number of rotatable bonds is 2. The van der Waals surface area contributed by atoms with Gasteiger partial charge in [0.15, 0.2) is 0 Å². The van der Waals surface area contributed by atoms with Crippen LogP contribution in [0.5, 0.6) is 0 Å². The number of benzene rings is 2. The average Bonchev–Trinajstić information content (AvgIpc) is 2.55. The van der Waals surface area contributed by atoms with Gasteiger partial charge in [0.05, 0.1) is 12.5 Å². The minimum Gasteiger partial charge on any atom is -0.296 e. The van der Waals surface area contributed by atoms with Crippen LogP contribution in [0.25, 0.3) is 0 Å². The maximum Gasteiger partial charge on any atom is 0.258 e. The van der Waals surface area contributed by atoms with Crippen molar-refractivity contribution in [1.82, 2.24) is 10.6 Å². The van der Waals surface area contributed by atoms with Crippen LogP contribution in [0.2, 0.25) is 10.0 Å². The first-order valence-electron chi connectivity index (χ1n) is 7.21. The highest BCUT2D eigenvalue weighted by Gasteiger charge is 2.23. The van der Waals surface area contributed by atoms with Gasteiger partial charge < -0.3 is 0 Å². The summed E-state index contributed by atoms with van der Waals surface area (Å²) in [6.07, 6.45) is 0.207. The second-order valence-electron chi connectivity index (χ2n) is 5.26. The number of nitrogens with zero attached hydrogens (tertiary/aromatic N) is 1. The van der Waals surface area contributed by atoms with E-state index in [1.807, 2.05) is 12.1 Å². The summed E-state index contributed by atoms with van der Waals surface area (Å²) in [4.78, 5) is 28.5. The molecular weight excluding hydrogens is 349 g/mol. The number of aliphatic imine (C=N–C) groups is 1. The Morgan fingerprint density at radius 2 is 1.88 bits per heavy atom. The van der Waals surface area contributed by atoms with Gasteiger partial charge in [-0.2, -0.15) is 0 Å². The van der Waals surface area contributed by atoms with Crippen LogP contribution in [-0.4, -0.2) is 17.8 Å². The van der Waals surface area contributed by atoms with Crippen LogP contribution in [0.4, 0.5) is 0 Å². The highest BCUT2D eigenvalue weighted by atomic mass is 35.5. The summed E-state index contributed by atoms with van der Waals surface area (Å²) < 4.78 is 0. The normalized spacial score (nSPS) is 17.0. The van der Waals surface area contributed by atoms with Gasteiger partial charge in [-0.05, 0) is 35.9 Å². The highest BCUT2D eigenvalue weighted by molar-refractivity contribution is 6.31. The van der Waals surface area contributed by atoms with Gasteiger partial charge in [-0.1, -0.05) is 41.4 Å². The van der Waals surface area contributed by atoms with Crippen LogP contribution < -0.4 is 10.6 Å². The summed E-state index contributed by atoms with van der Waals surface area (Å²) in [7, 11) is 0. The van der Waals surface area contributed by atoms with Crippen LogP contribution in [0.15, 0.2) is 53.5 Å². The second-order valence-corrected chi connectivity index (χ2v) is 6.13. The summed E-state index contributed by atoms with van der Waals surface area (Å²) in [5, 5.41) is 6.22. The molecule has 0 saturated carbocycles. The topological polar surface area (TPSA) is 70.6 Å². The largest absolute Gasteiger partial charge is 0.296 e. The van der Waals surface area contributed by atoms with Gasteiger partial charge in [-0.15, -0.1) is 0 Å². The van der Waals surface area contributed by atoms with E-state index < -0.39 is 5.91 Å². The van der Waals surface area contributed by atoms with Gasteiger partial charge >= 0.3 is 0 Å². The van der Waals surface area contributed by atoms with Crippen LogP contribution in [-0.2, 0) is 4.79 Å². The molecule has 1 heterocycles. The van der Waals surface area contributed by atoms with Crippen molar-refractivity contribution in [3.8, 4) is 0 Å². The Morgan fingerprint density at radius 1 is 1.12 bits per heavy atom. The number of carbonyl (C=O) groups excluding carboxylic acids is 2. The second kappa shape index (κ2) is 7.03. The van der Waals surface area contributed by atoms with Crippen LogP contribution >= 0.6 is 23.2 Å². The molecule has 2 aromatic rings. The average molecular weight is 362 g/mol. The zero-order chi connectivity index (χ0) is 17.1. The van der Waals surface area contributed by atoms with Crippen molar-refractivity contribution >= 4 is 41.0 Å². The number of halogens is 2. The highest BCUT2D eigenvalue weighted by Crippen LogP contribution is 2.24. The Bertz CT molecular complexity index is 819. The Labute approximate surface area is 148 Å². The summed E-state index contributed by atoms with van der Waals surface area (Å²) in [5.41, 5.74) is 1.23. The molecule has 0 bridgehead atoms. The summed E-state index contributed by atoms with van der Waals surface area (Å²) in [5.74, 6) is -0.490. The lowest BCUT2D eigenvalue weighted by Crippen LogP contribution is -2.47. The van der Waals surface area contributed by atoms with E-state index in [4.69, 9.17) is 23.2 Å². The maximum absolute atomic E-state index is 12.2. The van der Waals surface area contributed by atoms with Crippen molar-refractivity contribution in [2.45, 2.75) is 12.5 Å². The molecule has 2 amide bonds. The van der Waals surface area contributed by atoms with E-state index in [2.05, 4.69) is 15.6 Å². The van der Waals surface area contributed by atoms with E-state index >= 15 is 0 Å². The maximum atomic E-state index is 12.2. The zero-order valence-electron chi connectivity index (χ0n) is 12.4. The Kier molecular flexibility index (Phi) is 4.83. The number of carbonyl (C=O) groups is 2. The van der Waals surface area contributed by atoms with E-state index in [9.17, 15) is 9.59 Å². The van der Waals surface area contributed by atoms with Gasteiger partial charge in [0.1, 0.15) is 0 Å². The fourth-order valence-corrected chi connectivity index (χ4v) is 2.66. The predicted octanol–water partition coefficient (Wildman–Crippen LogP) is 3.34. The van der Waals surface area contributed by atoms with E-state index in [0.717, 1.165) is 5.56 Å². The smallest absolute Gasteiger partial charge is 0.258 e. The zero-order valence-corrected chi connectivity index (χ0v) is 13.9. The van der Waals surface area contributed by atoms with E-state index in [0.29, 0.717) is 15.6 Å². The molecule has 0 aromatic heterocycles. The first kappa shape index (κ1) is 16.5. The molecule has 2 N–H and O–H groups in total. The Morgan fingerprint density at radius 3 is 2.58 bits per heavy atom. The Hall–Kier alpha value is -2.37. The van der Waals surface area contributed by atoms with Crippen molar-refractivity contribution in [3.63, 3.8) is 0 Å². The van der Waals surface area contributed by atoms with Crippen molar-refractivity contribution in [2.75, 3.05) is 0 Å². The first-order chi connectivity index (χ1) is 11.5. The molecule has 3 rings (SSSR count). The summed E-state index contributed by atoms with van der Waals surface area (Å²) >= 11 is 11.8. The van der Waals surface area contributed by atoms with Gasteiger partial charge in [-0.3, -0.25) is 20.2 Å². The monoisotopic (exact) mass is 361 g/mol. The first-order valence-corrected chi connectivity index (χ1v) is 7.97. The summed E-state index contributed by atoms with van der Waals surface area (Å²) in [6.45, 7) is 0. The summed E-state index contributed by atoms with van der Waals surface area (Å²) in [6, 6.07) is 13.3. The van der Waals surface area contributed by atoms with Crippen molar-refractivity contribution in [2.24, 2.45) is 4.99 Å². The van der Waals surface area contributed by atoms with Gasteiger partial charge in [0, 0.05) is 15.6 Å². The van der Waals surface area contributed by atoms with E-state index in [1.54, 1.807) is 36.4 Å². The van der Waals surface area contributed by atoms with Crippen LogP contribution in [0, 0.1) is 0 Å². The fourth-order valence-electron chi connectivity index (χ4n) is 2.34. The third kappa shape index (κ3) is 3.93. The third-order valence-electron chi connectivity index (χ3n) is 3.50. The molecule has 7 heteroatoms. The molecule has 0 radical (unpaired) electrons. The molecule has 1 aliphatic heterocycles. The predicted molar refractivity (Wildman–Crippen MR) is 93.3 cm³/mol. The fraction of sp³-hybridized carbons (Fsp3) is 0.118. The lowest BCUT2D eigenvalue weighted by atomic mass is 10.0. The Balaban J connectivity index is 1.80. The number of hydrogen-bond acceptors (Lipinski definition) is 3. The molecule has 24 heavy (non-hydrogen) atoms. The molecular formula is C17H13Cl2N3O2. The van der Waals surface area contributed by atoms with Crippen molar-refractivity contribution in [1.29, 1.82) is 0 Å². The quantitative estimate of drug-likeness (QED) is 0.860. The van der Waals surface area contributed by atoms with E-state index in [-0.39, 0.29) is 24.3 Å². The van der Waals surface area contributed by atoms with Crippen LogP contribution in [0.1, 0.15) is 28.4 Å². The minimum absolute atomic E-state index is 0.121. The lowest BCUT2D eigenvalue weighted by Gasteiger charge is -2.21. The SMILES string of the molecule is O=C1C[C@@H](c2ccc(Cl)cc2)N=C(NC(=O)c2cccc(Cl)c2)N1. The molecule has 0 saturated heterocycles. The number of hydrogen-bond donors (Lipinski definition) is 2. The minimum atomic E-state index is -0.395. The number of amides is 2. The van der Waals surface area contributed by atoms with Gasteiger partial charge in [-0.25, -0.2) is 4.99 Å². The third-order valence-corrected chi connectivity index (χ3v) is 3.98. The standard InChI is InChI=1S/C17H13Cl2N3O2/c18-12-6-4-10(5-7-12)14-9-15(23)21-17(20-14)22-16(24)11-2-1-3-13(19)8-11/h1-8,14H,9H2,(H2,20,21,22,23,24)/t14-/m0/s1. The number of guanidine groups is 1. The van der Waals surface area contributed by atoms with Gasteiger partial charge in [0.2, 0.25) is 11.9 Å². The molecule has 1 aliphatic rings. The molecule has 5 nitrogen and oxygen atoms in total. The molecule has 0 aliphatic carbocycles. The number of nitrogens with one attached hydrogen (secondary N) is 2. The molecule has 2 aromatic carbocycles. The molecule has 0 unspecified atom stereocenters. The molecule has 1 atom stereocenters. The van der Waals surface area contributed by atoms with Crippen LogP contribution in [0.3, 0.4) is 0 Å². The van der Waals surface area contributed by atoms with E-state index in [1.165, 1.54) is 0 Å². The molecule has 122 valence electrons. The molecule has 0 fully saturated rings. The van der Waals surface area contributed by atoms with Crippen molar-refractivity contribution < 1.29 is 9.59 Å².